The molecule has 0 aromatic carbocycles. The highest BCUT2D eigenvalue weighted by Gasteiger charge is 2.24. The van der Waals surface area contributed by atoms with Crippen molar-refractivity contribution < 1.29 is 19.4 Å². The third-order valence-corrected chi connectivity index (χ3v) is 3.86. The molecule has 1 fully saturated rings. The van der Waals surface area contributed by atoms with Crippen molar-refractivity contribution in [3.63, 3.8) is 0 Å². The summed E-state index contributed by atoms with van der Waals surface area (Å²) >= 11 is 0. The predicted octanol–water partition coefficient (Wildman–Crippen LogP) is 3.24. The lowest BCUT2D eigenvalue weighted by Crippen LogP contribution is -2.29. The van der Waals surface area contributed by atoms with E-state index in [1.54, 1.807) is 13.2 Å². The number of hydrogen-bond donors (Lipinski definition) is 1. The fraction of sp³-hybridized carbons (Fsp3) is 0.625. The van der Waals surface area contributed by atoms with Gasteiger partial charge in [0.2, 0.25) is 5.88 Å². The first-order valence-electron chi connectivity index (χ1n) is 7.44. The molecule has 21 heavy (non-hydrogen) atoms. The van der Waals surface area contributed by atoms with E-state index in [1.165, 1.54) is 6.07 Å². The molecular weight excluding hydrogens is 270 g/mol. The van der Waals surface area contributed by atoms with Crippen LogP contribution in [0.15, 0.2) is 12.1 Å². The molecule has 0 saturated heterocycles. The van der Waals surface area contributed by atoms with Crippen molar-refractivity contribution in [2.24, 2.45) is 0 Å². The maximum atomic E-state index is 11.2. The Balaban J connectivity index is 2.16. The van der Waals surface area contributed by atoms with Crippen LogP contribution in [0.3, 0.4) is 0 Å². The lowest BCUT2D eigenvalue weighted by molar-refractivity contribution is 0.0193. The van der Waals surface area contributed by atoms with E-state index < -0.39 is 5.97 Å². The summed E-state index contributed by atoms with van der Waals surface area (Å²) in [6.45, 7) is 3.97. The van der Waals surface area contributed by atoms with Gasteiger partial charge in [-0.3, -0.25) is 0 Å². The van der Waals surface area contributed by atoms with Crippen molar-refractivity contribution in [1.82, 2.24) is 4.98 Å². The summed E-state index contributed by atoms with van der Waals surface area (Å²) in [6, 6.07) is 3.11. The Labute approximate surface area is 125 Å². The molecule has 2 rings (SSSR count). The van der Waals surface area contributed by atoms with E-state index in [0.29, 0.717) is 5.88 Å². The summed E-state index contributed by atoms with van der Waals surface area (Å²) in [4.78, 5) is 15.6. The molecule has 1 aromatic rings. The lowest BCUT2D eigenvalue weighted by atomic mass is 9.95. The van der Waals surface area contributed by atoms with Crippen LogP contribution in [0.5, 0.6) is 5.88 Å². The highest BCUT2D eigenvalue weighted by atomic mass is 16.5. The van der Waals surface area contributed by atoms with Gasteiger partial charge >= 0.3 is 5.97 Å². The number of carboxylic acids is 1. The van der Waals surface area contributed by atoms with E-state index in [0.717, 1.165) is 31.4 Å². The third kappa shape index (κ3) is 4.17. The van der Waals surface area contributed by atoms with Gasteiger partial charge in [-0.15, -0.1) is 0 Å². The molecule has 2 unspecified atom stereocenters. The van der Waals surface area contributed by atoms with Gasteiger partial charge in [-0.2, -0.15) is 0 Å². The Morgan fingerprint density at radius 2 is 2.05 bits per heavy atom. The minimum atomic E-state index is -0.956. The standard InChI is InChI=1S/C16H23NO4/c1-10(2)14-7-11(16(18)19)8-15(17-14)21-13-6-4-5-12(9-13)20-3/h7-8,10,12-13H,4-6,9H2,1-3H3,(H,18,19). The summed E-state index contributed by atoms with van der Waals surface area (Å²) in [5.41, 5.74) is 0.965. The molecule has 116 valence electrons. The fourth-order valence-electron chi connectivity index (χ4n) is 2.60. The van der Waals surface area contributed by atoms with E-state index >= 15 is 0 Å². The molecule has 5 heteroatoms. The second kappa shape index (κ2) is 6.89. The molecule has 1 aliphatic rings. The summed E-state index contributed by atoms with van der Waals surface area (Å²) in [7, 11) is 1.72. The van der Waals surface area contributed by atoms with Gasteiger partial charge in [-0.1, -0.05) is 13.8 Å². The lowest BCUT2D eigenvalue weighted by Gasteiger charge is -2.28. The first kappa shape index (κ1) is 15.8. The maximum absolute atomic E-state index is 11.2. The van der Waals surface area contributed by atoms with Gasteiger partial charge < -0.3 is 14.6 Å². The van der Waals surface area contributed by atoms with Crippen molar-refractivity contribution in [3.05, 3.63) is 23.4 Å². The van der Waals surface area contributed by atoms with Crippen LogP contribution in [0, 0.1) is 0 Å². The Bertz CT molecular complexity index is 501. The SMILES string of the molecule is COC1CCCC(Oc2cc(C(=O)O)cc(C(C)C)n2)C1. The van der Waals surface area contributed by atoms with E-state index in [-0.39, 0.29) is 23.7 Å². The highest BCUT2D eigenvalue weighted by Crippen LogP contribution is 2.26. The van der Waals surface area contributed by atoms with E-state index in [1.807, 2.05) is 13.8 Å². The number of rotatable bonds is 5. The quantitative estimate of drug-likeness (QED) is 0.902. The van der Waals surface area contributed by atoms with E-state index in [9.17, 15) is 9.90 Å². The normalized spacial score (nSPS) is 22.3. The number of aromatic nitrogens is 1. The zero-order valence-electron chi connectivity index (χ0n) is 12.8. The molecule has 0 amide bonds. The van der Waals surface area contributed by atoms with Crippen LogP contribution in [0.4, 0.5) is 0 Å². The zero-order chi connectivity index (χ0) is 15.4. The minimum Gasteiger partial charge on any atom is -0.478 e. The van der Waals surface area contributed by atoms with Crippen LogP contribution >= 0.6 is 0 Å². The molecule has 1 aromatic heterocycles. The number of pyridine rings is 1. The van der Waals surface area contributed by atoms with Crippen LogP contribution in [-0.4, -0.2) is 35.4 Å². The maximum Gasteiger partial charge on any atom is 0.335 e. The Hall–Kier alpha value is -1.62. The number of methoxy groups -OCH3 is 1. The zero-order valence-corrected chi connectivity index (χ0v) is 12.8. The summed E-state index contributed by atoms with van der Waals surface area (Å²) in [5.74, 6) is -0.396. The first-order chi connectivity index (χ1) is 9.99. The molecule has 0 spiro atoms. The molecule has 1 N–H and O–H groups in total. The van der Waals surface area contributed by atoms with Gasteiger partial charge in [-0.05, 0) is 31.2 Å². The predicted molar refractivity (Wildman–Crippen MR) is 79.0 cm³/mol. The van der Waals surface area contributed by atoms with Crippen LogP contribution < -0.4 is 4.74 Å². The number of nitrogens with zero attached hydrogens (tertiary/aromatic N) is 1. The summed E-state index contributed by atoms with van der Waals surface area (Å²) in [5, 5.41) is 9.20. The van der Waals surface area contributed by atoms with Crippen molar-refractivity contribution >= 4 is 5.97 Å². The number of carboxylic acid groups (broad SMARTS) is 1. The molecule has 0 bridgehead atoms. The molecule has 1 heterocycles. The molecule has 1 aliphatic carbocycles. The molecule has 1 saturated carbocycles. The second-order valence-corrected chi connectivity index (χ2v) is 5.84. The Morgan fingerprint density at radius 1 is 1.33 bits per heavy atom. The Morgan fingerprint density at radius 3 is 2.67 bits per heavy atom. The van der Waals surface area contributed by atoms with Crippen molar-refractivity contribution in [1.29, 1.82) is 0 Å². The average Bonchev–Trinajstić information content (AvgIpc) is 2.47. The van der Waals surface area contributed by atoms with E-state index in [2.05, 4.69) is 4.98 Å². The molecule has 0 radical (unpaired) electrons. The average molecular weight is 293 g/mol. The molecule has 5 nitrogen and oxygen atoms in total. The molecule has 0 aliphatic heterocycles. The van der Waals surface area contributed by atoms with Crippen LogP contribution in [0.2, 0.25) is 0 Å². The number of hydrogen-bond acceptors (Lipinski definition) is 4. The smallest absolute Gasteiger partial charge is 0.335 e. The number of aromatic carboxylic acids is 1. The third-order valence-electron chi connectivity index (χ3n) is 3.86. The molecule has 2 atom stereocenters. The summed E-state index contributed by atoms with van der Waals surface area (Å²) < 4.78 is 11.3. The van der Waals surface area contributed by atoms with Crippen molar-refractivity contribution in [2.75, 3.05) is 7.11 Å². The van der Waals surface area contributed by atoms with Gasteiger partial charge in [0.1, 0.15) is 6.10 Å². The van der Waals surface area contributed by atoms with Crippen LogP contribution in [0.25, 0.3) is 0 Å². The van der Waals surface area contributed by atoms with Gasteiger partial charge in [0.25, 0.3) is 0 Å². The minimum absolute atomic E-state index is 0.0419. The highest BCUT2D eigenvalue weighted by molar-refractivity contribution is 5.88. The first-order valence-corrected chi connectivity index (χ1v) is 7.44. The van der Waals surface area contributed by atoms with Crippen molar-refractivity contribution in [3.8, 4) is 5.88 Å². The largest absolute Gasteiger partial charge is 0.478 e. The van der Waals surface area contributed by atoms with Crippen LogP contribution in [-0.2, 0) is 4.74 Å². The fourth-order valence-corrected chi connectivity index (χ4v) is 2.60. The summed E-state index contributed by atoms with van der Waals surface area (Å²) in [6.07, 6.45) is 4.15. The second-order valence-electron chi connectivity index (χ2n) is 5.84. The van der Waals surface area contributed by atoms with Crippen LogP contribution in [0.1, 0.15) is 61.5 Å². The van der Waals surface area contributed by atoms with Crippen molar-refractivity contribution in [2.45, 2.75) is 57.7 Å². The topological polar surface area (TPSA) is 68.7 Å². The number of carbonyl (C=O) groups is 1. The molecular formula is C16H23NO4. The van der Waals surface area contributed by atoms with E-state index in [4.69, 9.17) is 9.47 Å². The Kier molecular flexibility index (Phi) is 5.17. The number of ether oxygens (including phenoxy) is 2. The monoisotopic (exact) mass is 293 g/mol. The van der Waals surface area contributed by atoms with Gasteiger partial charge in [0.15, 0.2) is 0 Å². The van der Waals surface area contributed by atoms with Gasteiger partial charge in [0.05, 0.1) is 11.7 Å². The van der Waals surface area contributed by atoms with Gasteiger partial charge in [-0.25, -0.2) is 9.78 Å². The van der Waals surface area contributed by atoms with Gasteiger partial charge in [0, 0.05) is 25.3 Å².